The zero-order chi connectivity index (χ0) is 16.3. The Labute approximate surface area is 139 Å². The van der Waals surface area contributed by atoms with Crippen molar-refractivity contribution in [2.75, 3.05) is 5.32 Å². The quantitative estimate of drug-likeness (QED) is 0.822. The summed E-state index contributed by atoms with van der Waals surface area (Å²) in [5.74, 6) is 0. The summed E-state index contributed by atoms with van der Waals surface area (Å²) in [6.45, 7) is 0. The zero-order valence-electron chi connectivity index (χ0n) is 12.0. The molecule has 0 bridgehead atoms. The number of hydrogen-bond acceptors (Lipinski definition) is 7. The Kier molecular flexibility index (Phi) is 5.00. The van der Waals surface area contributed by atoms with Crippen LogP contribution in [0, 0.1) is 0 Å². The van der Waals surface area contributed by atoms with E-state index < -0.39 is 11.9 Å². The van der Waals surface area contributed by atoms with Gasteiger partial charge in [0.05, 0.1) is 0 Å². The molecular weight excluding hydrogens is 347 g/mol. The van der Waals surface area contributed by atoms with Gasteiger partial charge in [-0.1, -0.05) is 30.6 Å². The summed E-state index contributed by atoms with van der Waals surface area (Å²) in [6.07, 6.45) is 2.51. The van der Waals surface area contributed by atoms with E-state index in [1.54, 1.807) is 0 Å². The van der Waals surface area contributed by atoms with Gasteiger partial charge in [-0.05, 0) is 30.7 Å². The van der Waals surface area contributed by atoms with E-state index in [4.69, 9.17) is 0 Å². The average Bonchev–Trinajstić information content (AvgIpc) is 2.95. The van der Waals surface area contributed by atoms with Gasteiger partial charge in [-0.15, -0.1) is 10.2 Å². The van der Waals surface area contributed by atoms with Gasteiger partial charge in [0.2, 0.25) is 5.13 Å². The van der Waals surface area contributed by atoms with E-state index in [1.165, 1.54) is 30.6 Å². The van der Waals surface area contributed by atoms with Crippen LogP contribution in [0.2, 0.25) is 0 Å². The van der Waals surface area contributed by atoms with Crippen molar-refractivity contribution in [2.45, 2.75) is 53.8 Å². The Morgan fingerprint density at radius 2 is 1.96 bits per heavy atom. The monoisotopic (exact) mass is 361 g/mol. The van der Waals surface area contributed by atoms with Crippen molar-refractivity contribution >= 4 is 28.2 Å². The number of alkyl halides is 3. The highest BCUT2D eigenvalue weighted by Crippen LogP contribution is 2.33. The van der Waals surface area contributed by atoms with Gasteiger partial charge < -0.3 is 5.32 Å². The van der Waals surface area contributed by atoms with Crippen molar-refractivity contribution in [2.24, 2.45) is 0 Å². The molecule has 3 rings (SSSR count). The highest BCUT2D eigenvalue weighted by atomic mass is 32.2. The molecule has 0 amide bonds. The van der Waals surface area contributed by atoms with Crippen LogP contribution >= 0.6 is 23.1 Å². The zero-order valence-corrected chi connectivity index (χ0v) is 13.6. The van der Waals surface area contributed by atoms with Crippen molar-refractivity contribution in [3.63, 3.8) is 0 Å². The molecule has 23 heavy (non-hydrogen) atoms. The minimum atomic E-state index is -4.48. The third-order valence-corrected chi connectivity index (χ3v) is 5.23. The standard InChI is InChI=1S/C13H14F3N5S2/c14-13(15,16)9-6-7-17-10(19-9)22-12-21-20-11(23-12)18-8-4-2-1-3-5-8/h6-8H,1-5H2,(H,18,20). The fourth-order valence-corrected chi connectivity index (χ4v) is 4.03. The predicted octanol–water partition coefficient (Wildman–Crippen LogP) is 4.24. The van der Waals surface area contributed by atoms with Crippen LogP contribution in [0.5, 0.6) is 0 Å². The predicted molar refractivity (Wildman–Crippen MR) is 81.6 cm³/mol. The molecule has 1 saturated carbocycles. The van der Waals surface area contributed by atoms with E-state index in [-0.39, 0.29) is 5.16 Å². The molecule has 0 atom stereocenters. The summed E-state index contributed by atoms with van der Waals surface area (Å²) in [7, 11) is 0. The molecule has 2 heterocycles. The molecule has 0 unspecified atom stereocenters. The van der Waals surface area contributed by atoms with E-state index in [1.807, 2.05) is 0 Å². The lowest BCUT2D eigenvalue weighted by atomic mass is 9.96. The molecule has 0 spiro atoms. The van der Waals surface area contributed by atoms with E-state index in [9.17, 15) is 13.2 Å². The van der Waals surface area contributed by atoms with Crippen molar-refractivity contribution in [3.8, 4) is 0 Å². The van der Waals surface area contributed by atoms with Crippen LogP contribution in [0.25, 0.3) is 0 Å². The largest absolute Gasteiger partial charge is 0.433 e. The Bertz CT molecular complexity index is 655. The van der Waals surface area contributed by atoms with E-state index in [0.717, 1.165) is 36.9 Å². The van der Waals surface area contributed by atoms with Gasteiger partial charge in [0.1, 0.15) is 5.69 Å². The molecule has 0 saturated heterocycles. The lowest BCUT2D eigenvalue weighted by molar-refractivity contribution is -0.141. The second-order valence-corrected chi connectivity index (χ2v) is 7.37. The van der Waals surface area contributed by atoms with E-state index in [2.05, 4.69) is 25.5 Å². The van der Waals surface area contributed by atoms with Crippen molar-refractivity contribution in [1.29, 1.82) is 0 Å². The molecule has 2 aromatic rings. The van der Waals surface area contributed by atoms with Crippen LogP contribution < -0.4 is 5.32 Å². The van der Waals surface area contributed by atoms with Crippen LogP contribution in [-0.4, -0.2) is 26.2 Å². The van der Waals surface area contributed by atoms with Gasteiger partial charge in [0.25, 0.3) is 0 Å². The lowest BCUT2D eigenvalue weighted by Crippen LogP contribution is -2.21. The van der Waals surface area contributed by atoms with Crippen LogP contribution in [0.4, 0.5) is 18.3 Å². The molecule has 1 fully saturated rings. The number of halogens is 3. The maximum atomic E-state index is 12.6. The van der Waals surface area contributed by atoms with Crippen LogP contribution in [-0.2, 0) is 6.18 Å². The third kappa shape index (κ3) is 4.54. The van der Waals surface area contributed by atoms with Crippen LogP contribution in [0.1, 0.15) is 37.8 Å². The Morgan fingerprint density at radius 3 is 2.70 bits per heavy atom. The smallest absolute Gasteiger partial charge is 0.357 e. The summed E-state index contributed by atoms with van der Waals surface area (Å²) in [5.41, 5.74) is -0.958. The maximum absolute atomic E-state index is 12.6. The molecular formula is C13H14F3N5S2. The fraction of sp³-hybridized carbons (Fsp3) is 0.538. The highest BCUT2D eigenvalue weighted by Gasteiger charge is 2.32. The second-order valence-electron chi connectivity index (χ2n) is 5.18. The normalized spacial score (nSPS) is 16.5. The average molecular weight is 361 g/mol. The first-order chi connectivity index (χ1) is 11.0. The summed E-state index contributed by atoms with van der Waals surface area (Å²) in [6, 6.07) is 1.25. The van der Waals surface area contributed by atoms with E-state index in [0.29, 0.717) is 15.5 Å². The van der Waals surface area contributed by atoms with Crippen molar-refractivity contribution in [1.82, 2.24) is 20.2 Å². The number of aromatic nitrogens is 4. The summed E-state index contributed by atoms with van der Waals surface area (Å²) in [4.78, 5) is 7.35. The van der Waals surface area contributed by atoms with Gasteiger partial charge in [0.15, 0.2) is 9.50 Å². The molecule has 10 heteroatoms. The Balaban J connectivity index is 1.64. The second kappa shape index (κ2) is 7.00. The highest BCUT2D eigenvalue weighted by molar-refractivity contribution is 8.00. The summed E-state index contributed by atoms with van der Waals surface area (Å²) < 4.78 is 38.4. The minimum absolute atomic E-state index is 0.0141. The molecule has 0 aromatic carbocycles. The van der Waals surface area contributed by atoms with Crippen LogP contribution in [0.3, 0.4) is 0 Å². The molecule has 5 nitrogen and oxygen atoms in total. The molecule has 0 aliphatic heterocycles. The van der Waals surface area contributed by atoms with Gasteiger partial charge in [0, 0.05) is 12.2 Å². The lowest BCUT2D eigenvalue weighted by Gasteiger charge is -2.21. The number of hydrogen-bond donors (Lipinski definition) is 1. The first kappa shape index (κ1) is 16.4. The van der Waals surface area contributed by atoms with Gasteiger partial charge in [-0.25, -0.2) is 9.97 Å². The number of nitrogens with one attached hydrogen (secondary N) is 1. The number of rotatable bonds is 4. The number of nitrogens with zero attached hydrogens (tertiary/aromatic N) is 4. The maximum Gasteiger partial charge on any atom is 0.433 e. The molecule has 0 radical (unpaired) electrons. The van der Waals surface area contributed by atoms with Gasteiger partial charge in [-0.3, -0.25) is 0 Å². The van der Waals surface area contributed by atoms with Gasteiger partial charge in [-0.2, -0.15) is 13.2 Å². The van der Waals surface area contributed by atoms with E-state index >= 15 is 0 Å². The fourth-order valence-electron chi connectivity index (χ4n) is 2.36. The summed E-state index contributed by atoms with van der Waals surface area (Å²) >= 11 is 2.29. The SMILES string of the molecule is FC(F)(F)c1ccnc(Sc2nnc(NC3CCCCC3)s2)n1. The first-order valence-electron chi connectivity index (χ1n) is 7.19. The number of anilines is 1. The molecule has 2 aromatic heterocycles. The van der Waals surface area contributed by atoms with Crippen LogP contribution in [0.15, 0.2) is 21.8 Å². The molecule has 1 aliphatic carbocycles. The summed E-state index contributed by atoms with van der Waals surface area (Å²) in [5, 5.41) is 12.0. The third-order valence-electron chi connectivity index (χ3n) is 3.44. The molecule has 124 valence electrons. The Morgan fingerprint density at radius 1 is 1.17 bits per heavy atom. The van der Waals surface area contributed by atoms with Gasteiger partial charge >= 0.3 is 6.18 Å². The first-order valence-corrected chi connectivity index (χ1v) is 8.82. The molecule has 1 N–H and O–H groups in total. The Hall–Kier alpha value is -1.42. The molecule has 1 aliphatic rings. The topological polar surface area (TPSA) is 63.6 Å². The minimum Gasteiger partial charge on any atom is -0.357 e. The van der Waals surface area contributed by atoms with Crippen molar-refractivity contribution < 1.29 is 13.2 Å². The van der Waals surface area contributed by atoms with Crippen molar-refractivity contribution in [3.05, 3.63) is 18.0 Å².